The Morgan fingerprint density at radius 3 is 3.14 bits per heavy atom. The van der Waals surface area contributed by atoms with Gasteiger partial charge in [0.05, 0.1) is 5.92 Å². The zero-order valence-corrected chi connectivity index (χ0v) is 8.16. The average molecular weight is 191 g/mol. The van der Waals surface area contributed by atoms with Crippen molar-refractivity contribution in [2.75, 3.05) is 0 Å². The van der Waals surface area contributed by atoms with Crippen LogP contribution in [0.25, 0.3) is 0 Å². The molecule has 1 unspecified atom stereocenters. The Balaban J connectivity index is 2.31. The fourth-order valence-electron chi connectivity index (χ4n) is 2.03. The number of carbonyl (C=O) groups is 1. The smallest absolute Gasteiger partial charge is 0.306 e. The molecule has 1 aromatic rings. The zero-order chi connectivity index (χ0) is 10.1. The van der Waals surface area contributed by atoms with E-state index in [0.717, 1.165) is 18.5 Å². The number of carboxylic acids is 1. The third-order valence-electron chi connectivity index (χ3n) is 2.91. The summed E-state index contributed by atoms with van der Waals surface area (Å²) in [6.45, 7) is 2.06. The van der Waals surface area contributed by atoms with E-state index in [4.69, 9.17) is 5.11 Å². The first-order valence-electron chi connectivity index (χ1n) is 4.84. The minimum absolute atomic E-state index is 0.239. The summed E-state index contributed by atoms with van der Waals surface area (Å²) in [4.78, 5) is 15.1. The fourth-order valence-corrected chi connectivity index (χ4v) is 2.03. The fraction of sp³-hybridized carbons (Fsp3) is 0.455. The highest BCUT2D eigenvalue weighted by atomic mass is 16.4. The maximum atomic E-state index is 10.8. The number of nitrogens with zero attached hydrogens (tertiary/aromatic N) is 1. The number of rotatable bonds is 1. The first kappa shape index (κ1) is 9.19. The van der Waals surface area contributed by atoms with Crippen LogP contribution < -0.4 is 0 Å². The number of fused-ring (bicyclic) bond motifs is 1. The van der Waals surface area contributed by atoms with Crippen molar-refractivity contribution >= 4 is 5.97 Å². The molecule has 0 bridgehead atoms. The number of hydrogen-bond acceptors (Lipinski definition) is 2. The van der Waals surface area contributed by atoms with Gasteiger partial charge in [0.25, 0.3) is 0 Å². The van der Waals surface area contributed by atoms with E-state index in [-0.39, 0.29) is 5.92 Å². The minimum atomic E-state index is -0.695. The summed E-state index contributed by atoms with van der Waals surface area (Å²) in [5, 5.41) is 8.91. The van der Waals surface area contributed by atoms with Crippen LogP contribution in [0, 0.1) is 12.8 Å². The van der Waals surface area contributed by atoms with Crippen LogP contribution in [0.1, 0.15) is 23.2 Å². The number of aliphatic carboxylic acids is 1. The summed E-state index contributed by atoms with van der Waals surface area (Å²) in [5.41, 5.74) is 3.47. The van der Waals surface area contributed by atoms with Crippen LogP contribution in [-0.2, 0) is 17.6 Å². The van der Waals surface area contributed by atoms with E-state index < -0.39 is 5.97 Å². The Kier molecular flexibility index (Phi) is 2.23. The second kappa shape index (κ2) is 3.40. The molecular weight excluding hydrogens is 178 g/mol. The third kappa shape index (κ3) is 1.50. The molecule has 1 aromatic heterocycles. The average Bonchev–Trinajstić information content (AvgIpc) is 2.17. The van der Waals surface area contributed by atoms with Gasteiger partial charge in [-0.15, -0.1) is 0 Å². The molecule has 3 heteroatoms. The minimum Gasteiger partial charge on any atom is -0.481 e. The Labute approximate surface area is 82.8 Å². The van der Waals surface area contributed by atoms with E-state index in [9.17, 15) is 4.79 Å². The van der Waals surface area contributed by atoms with E-state index in [2.05, 4.69) is 11.9 Å². The van der Waals surface area contributed by atoms with Gasteiger partial charge in [-0.1, -0.05) is 0 Å². The number of aromatic nitrogens is 1. The molecule has 0 saturated heterocycles. The summed E-state index contributed by atoms with van der Waals surface area (Å²) in [6.07, 6.45) is 3.95. The molecule has 0 radical (unpaired) electrons. The van der Waals surface area contributed by atoms with Gasteiger partial charge >= 0.3 is 5.97 Å². The van der Waals surface area contributed by atoms with Crippen LogP contribution >= 0.6 is 0 Å². The Bertz CT molecular complexity index is 374. The number of pyridine rings is 1. The van der Waals surface area contributed by atoms with Gasteiger partial charge in [-0.3, -0.25) is 9.78 Å². The molecular formula is C11H13NO2. The summed E-state index contributed by atoms with van der Waals surface area (Å²) in [7, 11) is 0. The topological polar surface area (TPSA) is 50.2 Å². The maximum Gasteiger partial charge on any atom is 0.306 e. The van der Waals surface area contributed by atoms with E-state index >= 15 is 0 Å². The first-order chi connectivity index (χ1) is 6.68. The first-order valence-corrected chi connectivity index (χ1v) is 4.84. The van der Waals surface area contributed by atoms with Crippen molar-refractivity contribution < 1.29 is 9.90 Å². The van der Waals surface area contributed by atoms with Crippen LogP contribution in [0.5, 0.6) is 0 Å². The van der Waals surface area contributed by atoms with Crippen molar-refractivity contribution in [3.63, 3.8) is 0 Å². The highest BCUT2D eigenvalue weighted by Crippen LogP contribution is 2.26. The standard InChI is InChI=1S/C11H13NO2/c1-7-4-5-12-10-6-8(11(13)14)2-3-9(7)10/h4-5,8H,2-3,6H2,1H3,(H,13,14). The van der Waals surface area contributed by atoms with E-state index in [0.29, 0.717) is 6.42 Å². The molecule has 1 aliphatic rings. The summed E-state index contributed by atoms with van der Waals surface area (Å²) < 4.78 is 0. The van der Waals surface area contributed by atoms with Gasteiger partial charge in [0.15, 0.2) is 0 Å². The van der Waals surface area contributed by atoms with Gasteiger partial charge in [-0.2, -0.15) is 0 Å². The normalized spacial score (nSPS) is 20.2. The van der Waals surface area contributed by atoms with Gasteiger partial charge < -0.3 is 5.11 Å². The largest absolute Gasteiger partial charge is 0.481 e. The highest BCUT2D eigenvalue weighted by molar-refractivity contribution is 5.70. The lowest BCUT2D eigenvalue weighted by Crippen LogP contribution is -2.23. The molecule has 3 nitrogen and oxygen atoms in total. The van der Waals surface area contributed by atoms with Crippen LogP contribution in [0.2, 0.25) is 0 Å². The van der Waals surface area contributed by atoms with Gasteiger partial charge in [0.2, 0.25) is 0 Å². The molecule has 1 atom stereocenters. The van der Waals surface area contributed by atoms with Crippen molar-refractivity contribution in [1.82, 2.24) is 4.98 Å². The molecule has 0 saturated carbocycles. The lowest BCUT2D eigenvalue weighted by atomic mass is 9.85. The molecule has 1 aliphatic carbocycles. The second-order valence-corrected chi connectivity index (χ2v) is 3.83. The molecule has 2 rings (SSSR count). The second-order valence-electron chi connectivity index (χ2n) is 3.83. The number of carboxylic acid groups (broad SMARTS) is 1. The lowest BCUT2D eigenvalue weighted by molar-refractivity contribution is -0.142. The van der Waals surface area contributed by atoms with Crippen molar-refractivity contribution in [2.24, 2.45) is 5.92 Å². The summed E-state index contributed by atoms with van der Waals surface area (Å²) in [6, 6.07) is 1.99. The van der Waals surface area contributed by atoms with E-state index in [1.807, 2.05) is 6.07 Å². The van der Waals surface area contributed by atoms with Crippen molar-refractivity contribution in [2.45, 2.75) is 26.2 Å². The Morgan fingerprint density at radius 2 is 2.43 bits per heavy atom. The van der Waals surface area contributed by atoms with Gasteiger partial charge in [0, 0.05) is 18.3 Å². The van der Waals surface area contributed by atoms with Crippen molar-refractivity contribution in [3.8, 4) is 0 Å². The SMILES string of the molecule is Cc1ccnc2c1CCC(C(=O)O)C2. The zero-order valence-electron chi connectivity index (χ0n) is 8.16. The van der Waals surface area contributed by atoms with Crippen LogP contribution in [0.15, 0.2) is 12.3 Å². The highest BCUT2D eigenvalue weighted by Gasteiger charge is 2.25. The van der Waals surface area contributed by atoms with Crippen molar-refractivity contribution in [1.29, 1.82) is 0 Å². The summed E-state index contributed by atoms with van der Waals surface area (Å²) in [5.74, 6) is -0.934. The molecule has 0 fully saturated rings. The molecule has 1 heterocycles. The van der Waals surface area contributed by atoms with Crippen molar-refractivity contribution in [3.05, 3.63) is 29.1 Å². The Morgan fingerprint density at radius 1 is 1.64 bits per heavy atom. The molecule has 0 aliphatic heterocycles. The molecule has 1 N–H and O–H groups in total. The predicted molar refractivity (Wildman–Crippen MR) is 52.1 cm³/mol. The summed E-state index contributed by atoms with van der Waals surface area (Å²) >= 11 is 0. The quantitative estimate of drug-likeness (QED) is 0.733. The Hall–Kier alpha value is -1.38. The number of aryl methyl sites for hydroxylation is 1. The van der Waals surface area contributed by atoms with Crippen LogP contribution in [0.3, 0.4) is 0 Å². The van der Waals surface area contributed by atoms with E-state index in [1.54, 1.807) is 6.20 Å². The van der Waals surface area contributed by atoms with Crippen LogP contribution in [-0.4, -0.2) is 16.1 Å². The van der Waals surface area contributed by atoms with Gasteiger partial charge in [0.1, 0.15) is 0 Å². The maximum absolute atomic E-state index is 10.8. The van der Waals surface area contributed by atoms with E-state index in [1.165, 1.54) is 11.1 Å². The number of hydrogen-bond donors (Lipinski definition) is 1. The molecule has 0 amide bonds. The van der Waals surface area contributed by atoms with Crippen LogP contribution in [0.4, 0.5) is 0 Å². The molecule has 14 heavy (non-hydrogen) atoms. The lowest BCUT2D eigenvalue weighted by Gasteiger charge is -2.21. The monoisotopic (exact) mass is 191 g/mol. The third-order valence-corrected chi connectivity index (χ3v) is 2.91. The molecule has 74 valence electrons. The molecule has 0 spiro atoms. The predicted octanol–water partition coefficient (Wildman–Crippen LogP) is 1.58. The van der Waals surface area contributed by atoms with Gasteiger partial charge in [-0.25, -0.2) is 0 Å². The van der Waals surface area contributed by atoms with Gasteiger partial charge in [-0.05, 0) is 37.0 Å². The molecule has 0 aromatic carbocycles.